The van der Waals surface area contributed by atoms with Crippen LogP contribution in [0.3, 0.4) is 0 Å². The molecule has 0 amide bonds. The fourth-order valence-electron chi connectivity index (χ4n) is 10.6. The number of hydrogen-bond donors (Lipinski definition) is 0. The standard InChI is InChI=1S/C72H134O6/c1-4-7-10-13-16-19-22-25-28-30-32-33-34-35-36-37-38-39-40-42-44-47-50-53-56-59-62-65-71(74)77-68-69(67-76-70(73)64-61-58-55-52-49-46-43-27-24-21-18-15-12-9-6-3)78-72(75)66-63-60-57-54-51-48-45-41-31-29-26-23-20-17-14-11-8-5-2/h22,25,30,32,34-35,69H,4-21,23-24,26-29,31,33,36-68H2,1-3H3/b25-22-,32-30-,35-34-. The van der Waals surface area contributed by atoms with Crippen molar-refractivity contribution in [1.82, 2.24) is 0 Å². The molecule has 0 spiro atoms. The molecule has 0 heterocycles. The van der Waals surface area contributed by atoms with Crippen molar-refractivity contribution in [2.24, 2.45) is 0 Å². The van der Waals surface area contributed by atoms with Crippen molar-refractivity contribution in [1.29, 1.82) is 0 Å². The van der Waals surface area contributed by atoms with E-state index in [0.29, 0.717) is 19.3 Å². The summed E-state index contributed by atoms with van der Waals surface area (Å²) in [7, 11) is 0. The lowest BCUT2D eigenvalue weighted by Gasteiger charge is -2.18. The molecule has 0 aromatic rings. The lowest BCUT2D eigenvalue weighted by Crippen LogP contribution is -2.30. The van der Waals surface area contributed by atoms with Crippen LogP contribution in [0.1, 0.15) is 387 Å². The minimum atomic E-state index is -0.769. The van der Waals surface area contributed by atoms with Crippen molar-refractivity contribution in [3.8, 4) is 0 Å². The van der Waals surface area contributed by atoms with Gasteiger partial charge in [-0.2, -0.15) is 0 Å². The molecule has 458 valence electrons. The first-order valence-corrected chi connectivity index (χ1v) is 35.0. The Morgan fingerprint density at radius 2 is 0.462 bits per heavy atom. The van der Waals surface area contributed by atoms with Crippen LogP contribution < -0.4 is 0 Å². The van der Waals surface area contributed by atoms with Gasteiger partial charge < -0.3 is 14.2 Å². The minimum absolute atomic E-state index is 0.0659. The molecule has 1 atom stereocenters. The Morgan fingerprint density at radius 3 is 0.718 bits per heavy atom. The first-order valence-electron chi connectivity index (χ1n) is 35.0. The van der Waals surface area contributed by atoms with Gasteiger partial charge in [-0.05, 0) is 57.8 Å². The molecule has 0 rings (SSSR count). The van der Waals surface area contributed by atoms with E-state index in [-0.39, 0.29) is 31.1 Å². The van der Waals surface area contributed by atoms with Crippen molar-refractivity contribution in [2.75, 3.05) is 13.2 Å². The monoisotopic (exact) mass is 1100 g/mol. The molecule has 6 heteroatoms. The fraction of sp³-hybridized carbons (Fsp3) is 0.875. The predicted molar refractivity (Wildman–Crippen MR) is 339 cm³/mol. The molecular weight excluding hydrogens is 961 g/mol. The molecule has 0 saturated heterocycles. The Kier molecular flexibility index (Phi) is 65.1. The van der Waals surface area contributed by atoms with Crippen LogP contribution in [0.2, 0.25) is 0 Å². The maximum atomic E-state index is 12.9. The molecule has 0 aliphatic heterocycles. The summed E-state index contributed by atoms with van der Waals surface area (Å²) in [4.78, 5) is 38.4. The quantitative estimate of drug-likeness (QED) is 0.0261. The maximum Gasteiger partial charge on any atom is 0.306 e. The average Bonchev–Trinajstić information content (AvgIpc) is 3.44. The second kappa shape index (κ2) is 67.1. The number of rotatable bonds is 65. The molecular formula is C72H134O6. The molecule has 0 bridgehead atoms. The second-order valence-electron chi connectivity index (χ2n) is 23.8. The Labute approximate surface area is 486 Å². The van der Waals surface area contributed by atoms with Crippen LogP contribution in [0.5, 0.6) is 0 Å². The van der Waals surface area contributed by atoms with Gasteiger partial charge in [0.15, 0.2) is 6.10 Å². The zero-order chi connectivity index (χ0) is 56.4. The molecule has 78 heavy (non-hydrogen) atoms. The molecule has 0 N–H and O–H groups in total. The molecule has 1 unspecified atom stereocenters. The highest BCUT2D eigenvalue weighted by Crippen LogP contribution is 2.18. The van der Waals surface area contributed by atoms with Crippen LogP contribution in [0.25, 0.3) is 0 Å². The van der Waals surface area contributed by atoms with E-state index in [2.05, 4.69) is 57.2 Å². The van der Waals surface area contributed by atoms with E-state index in [1.165, 1.54) is 276 Å². The van der Waals surface area contributed by atoms with E-state index in [9.17, 15) is 14.4 Å². The molecule has 0 saturated carbocycles. The summed E-state index contributed by atoms with van der Waals surface area (Å²) in [6, 6.07) is 0. The van der Waals surface area contributed by atoms with Gasteiger partial charge in [0.25, 0.3) is 0 Å². The summed E-state index contributed by atoms with van der Waals surface area (Å²) in [6.45, 7) is 6.71. The van der Waals surface area contributed by atoms with Crippen molar-refractivity contribution in [2.45, 2.75) is 393 Å². The lowest BCUT2D eigenvalue weighted by molar-refractivity contribution is -0.167. The normalized spacial score (nSPS) is 12.2. The van der Waals surface area contributed by atoms with E-state index in [4.69, 9.17) is 14.2 Å². The van der Waals surface area contributed by atoms with Crippen molar-refractivity contribution in [3.63, 3.8) is 0 Å². The molecule has 0 aromatic carbocycles. The number of esters is 3. The van der Waals surface area contributed by atoms with E-state index in [1.807, 2.05) is 0 Å². The average molecular weight is 1100 g/mol. The topological polar surface area (TPSA) is 78.9 Å². The summed E-state index contributed by atoms with van der Waals surface area (Å²) in [5, 5.41) is 0. The number of hydrogen-bond acceptors (Lipinski definition) is 6. The van der Waals surface area contributed by atoms with E-state index in [1.54, 1.807) is 0 Å². The summed E-state index contributed by atoms with van der Waals surface area (Å²) in [5.41, 5.74) is 0. The number of ether oxygens (including phenoxy) is 3. The fourth-order valence-corrected chi connectivity index (χ4v) is 10.6. The van der Waals surface area contributed by atoms with Crippen LogP contribution in [0, 0.1) is 0 Å². The summed E-state index contributed by atoms with van der Waals surface area (Å²) < 4.78 is 17.0. The van der Waals surface area contributed by atoms with Crippen LogP contribution in [-0.4, -0.2) is 37.2 Å². The Morgan fingerprint density at radius 1 is 0.256 bits per heavy atom. The van der Waals surface area contributed by atoms with Gasteiger partial charge in [-0.15, -0.1) is 0 Å². The smallest absolute Gasteiger partial charge is 0.306 e. The molecule has 0 aliphatic carbocycles. The van der Waals surface area contributed by atoms with Gasteiger partial charge in [0, 0.05) is 19.3 Å². The largest absolute Gasteiger partial charge is 0.462 e. The van der Waals surface area contributed by atoms with Crippen LogP contribution in [0.4, 0.5) is 0 Å². The Bertz CT molecular complexity index is 1300. The zero-order valence-corrected chi connectivity index (χ0v) is 52.7. The van der Waals surface area contributed by atoms with E-state index in [0.717, 1.165) is 70.6 Å². The van der Waals surface area contributed by atoms with Crippen molar-refractivity contribution < 1.29 is 28.6 Å². The van der Waals surface area contributed by atoms with E-state index >= 15 is 0 Å². The van der Waals surface area contributed by atoms with Gasteiger partial charge in [0.1, 0.15) is 13.2 Å². The number of allylic oxidation sites excluding steroid dienone is 6. The highest BCUT2D eigenvalue weighted by atomic mass is 16.6. The molecule has 0 radical (unpaired) electrons. The number of carbonyl (C=O) groups excluding carboxylic acids is 3. The Hall–Kier alpha value is -2.37. The number of unbranched alkanes of at least 4 members (excludes halogenated alkanes) is 48. The number of carbonyl (C=O) groups is 3. The Balaban J connectivity index is 4.25. The summed E-state index contributed by atoms with van der Waals surface area (Å²) in [5.74, 6) is -0.837. The van der Waals surface area contributed by atoms with Gasteiger partial charge in [0.05, 0.1) is 0 Å². The minimum Gasteiger partial charge on any atom is -0.462 e. The van der Waals surface area contributed by atoms with Crippen molar-refractivity contribution >= 4 is 17.9 Å². The third-order valence-electron chi connectivity index (χ3n) is 15.9. The van der Waals surface area contributed by atoms with Gasteiger partial charge in [-0.3, -0.25) is 14.4 Å². The van der Waals surface area contributed by atoms with Gasteiger partial charge in [-0.1, -0.05) is 346 Å². The van der Waals surface area contributed by atoms with Gasteiger partial charge in [-0.25, -0.2) is 0 Å². The van der Waals surface area contributed by atoms with Crippen LogP contribution >= 0.6 is 0 Å². The molecule has 6 nitrogen and oxygen atoms in total. The first kappa shape index (κ1) is 75.6. The SMILES string of the molecule is CCCCCCC/C=C\C/C=C\C/C=C\CCCCCCCCCCCCCCC(=O)OCC(COC(=O)CCCCCCCCCCCCCCCCC)OC(=O)CCCCCCCCCCCCCCCCCCCC. The molecule has 0 aliphatic rings. The van der Waals surface area contributed by atoms with Crippen molar-refractivity contribution in [3.05, 3.63) is 36.5 Å². The molecule has 0 aromatic heterocycles. The van der Waals surface area contributed by atoms with Gasteiger partial charge >= 0.3 is 17.9 Å². The lowest BCUT2D eigenvalue weighted by atomic mass is 10.0. The van der Waals surface area contributed by atoms with Crippen LogP contribution in [-0.2, 0) is 28.6 Å². The predicted octanol–water partition coefficient (Wildman–Crippen LogP) is 23.9. The maximum absolute atomic E-state index is 12.9. The molecule has 0 fully saturated rings. The van der Waals surface area contributed by atoms with Crippen LogP contribution in [0.15, 0.2) is 36.5 Å². The third kappa shape index (κ3) is 64.5. The highest BCUT2D eigenvalue weighted by Gasteiger charge is 2.19. The summed E-state index contributed by atoms with van der Waals surface area (Å²) in [6.07, 6.45) is 83.0. The second-order valence-corrected chi connectivity index (χ2v) is 23.8. The zero-order valence-electron chi connectivity index (χ0n) is 52.7. The van der Waals surface area contributed by atoms with E-state index < -0.39 is 6.10 Å². The summed E-state index contributed by atoms with van der Waals surface area (Å²) >= 11 is 0. The highest BCUT2D eigenvalue weighted by molar-refractivity contribution is 5.71. The first-order chi connectivity index (χ1) is 38.5. The van der Waals surface area contributed by atoms with Gasteiger partial charge in [0.2, 0.25) is 0 Å². The third-order valence-corrected chi connectivity index (χ3v) is 15.9.